The highest BCUT2D eigenvalue weighted by atomic mass is 19.4. The van der Waals surface area contributed by atoms with Crippen LogP contribution in [0.1, 0.15) is 27.2 Å². The van der Waals surface area contributed by atoms with Crippen LogP contribution in [0.2, 0.25) is 0 Å². The Morgan fingerprint density at radius 3 is 2.15 bits per heavy atom. The number of amides is 1. The van der Waals surface area contributed by atoms with Gasteiger partial charge in [-0.1, -0.05) is 0 Å². The maximum atomic E-state index is 12.7. The number of alkyl halides is 3. The van der Waals surface area contributed by atoms with Crippen molar-refractivity contribution in [3.63, 3.8) is 0 Å². The number of methoxy groups -OCH3 is 1. The minimum Gasteiger partial charge on any atom is -0.467 e. The van der Waals surface area contributed by atoms with Crippen LogP contribution in [0.5, 0.6) is 0 Å². The van der Waals surface area contributed by atoms with Crippen molar-refractivity contribution in [3.05, 3.63) is 0 Å². The Morgan fingerprint density at radius 2 is 1.75 bits per heavy atom. The Bertz CT molecular complexity index is 389. The molecule has 1 saturated heterocycles. The first-order chi connectivity index (χ1) is 8.95. The Balaban J connectivity index is 2.90. The van der Waals surface area contributed by atoms with E-state index in [9.17, 15) is 22.8 Å². The standard InChI is InChI=1S/C12H18F3NO4/c1-11(2,3)20-10(18)16-6-7(12(13,14)15)5-8(16)9(17)19-4/h7-8H,5-6H2,1-4H3/t7-,8+/m1/s1. The van der Waals surface area contributed by atoms with E-state index < -0.39 is 48.8 Å². The summed E-state index contributed by atoms with van der Waals surface area (Å²) in [7, 11) is 1.07. The number of carbonyl (C=O) groups is 2. The summed E-state index contributed by atoms with van der Waals surface area (Å²) >= 11 is 0. The molecule has 0 aromatic carbocycles. The first kappa shape index (κ1) is 16.6. The first-order valence-electron chi connectivity index (χ1n) is 6.10. The van der Waals surface area contributed by atoms with Gasteiger partial charge in [0.1, 0.15) is 11.6 Å². The van der Waals surface area contributed by atoms with Crippen LogP contribution in [0.25, 0.3) is 0 Å². The lowest BCUT2D eigenvalue weighted by Crippen LogP contribution is -2.44. The van der Waals surface area contributed by atoms with Crippen molar-refractivity contribution >= 4 is 12.1 Å². The van der Waals surface area contributed by atoms with Gasteiger partial charge in [-0.15, -0.1) is 0 Å². The molecular weight excluding hydrogens is 279 g/mol. The molecular formula is C12H18F3NO4. The van der Waals surface area contributed by atoms with Crippen LogP contribution in [0, 0.1) is 5.92 Å². The molecule has 5 nitrogen and oxygen atoms in total. The van der Waals surface area contributed by atoms with E-state index in [-0.39, 0.29) is 0 Å². The minimum atomic E-state index is -4.47. The van der Waals surface area contributed by atoms with E-state index in [4.69, 9.17) is 4.74 Å². The molecule has 116 valence electrons. The smallest absolute Gasteiger partial charge is 0.411 e. The van der Waals surface area contributed by atoms with Crippen molar-refractivity contribution in [2.24, 2.45) is 5.92 Å². The van der Waals surface area contributed by atoms with Crippen LogP contribution in [0.15, 0.2) is 0 Å². The maximum absolute atomic E-state index is 12.7. The lowest BCUT2D eigenvalue weighted by molar-refractivity contribution is -0.170. The van der Waals surface area contributed by atoms with Gasteiger partial charge in [-0.25, -0.2) is 9.59 Å². The van der Waals surface area contributed by atoms with Crippen LogP contribution in [0.3, 0.4) is 0 Å². The van der Waals surface area contributed by atoms with Crippen LogP contribution < -0.4 is 0 Å². The van der Waals surface area contributed by atoms with Crippen LogP contribution in [-0.4, -0.2) is 48.4 Å². The number of hydrogen-bond acceptors (Lipinski definition) is 4. The molecule has 0 spiro atoms. The summed E-state index contributed by atoms with van der Waals surface area (Å²) in [5.41, 5.74) is -0.853. The molecule has 0 radical (unpaired) electrons. The molecule has 2 atom stereocenters. The van der Waals surface area contributed by atoms with Crippen molar-refractivity contribution in [2.45, 2.75) is 45.0 Å². The SMILES string of the molecule is COC(=O)[C@@H]1C[C@@H](C(F)(F)F)CN1C(=O)OC(C)(C)C. The van der Waals surface area contributed by atoms with Crippen molar-refractivity contribution < 1.29 is 32.2 Å². The second-order valence-corrected chi connectivity index (χ2v) is 5.65. The third kappa shape index (κ3) is 4.01. The summed E-state index contributed by atoms with van der Waals surface area (Å²) < 4.78 is 47.7. The van der Waals surface area contributed by atoms with E-state index >= 15 is 0 Å². The van der Waals surface area contributed by atoms with Gasteiger partial charge >= 0.3 is 18.2 Å². The fourth-order valence-corrected chi connectivity index (χ4v) is 1.95. The van der Waals surface area contributed by atoms with Gasteiger partial charge < -0.3 is 9.47 Å². The predicted molar refractivity (Wildman–Crippen MR) is 62.9 cm³/mol. The zero-order chi connectivity index (χ0) is 15.7. The predicted octanol–water partition coefficient (Wildman–Crippen LogP) is 2.35. The van der Waals surface area contributed by atoms with E-state index in [2.05, 4.69) is 4.74 Å². The zero-order valence-corrected chi connectivity index (χ0v) is 11.8. The number of nitrogens with zero attached hydrogens (tertiary/aromatic N) is 1. The third-order valence-corrected chi connectivity index (χ3v) is 2.87. The zero-order valence-electron chi connectivity index (χ0n) is 11.8. The largest absolute Gasteiger partial charge is 0.467 e. The quantitative estimate of drug-likeness (QED) is 0.697. The average Bonchev–Trinajstić information content (AvgIpc) is 2.69. The number of rotatable bonds is 1. The van der Waals surface area contributed by atoms with Crippen LogP contribution in [0.4, 0.5) is 18.0 Å². The Hall–Kier alpha value is -1.47. The van der Waals surface area contributed by atoms with Gasteiger partial charge in [0.15, 0.2) is 0 Å². The second-order valence-electron chi connectivity index (χ2n) is 5.65. The molecule has 20 heavy (non-hydrogen) atoms. The minimum absolute atomic E-state index is 0.505. The van der Waals surface area contributed by atoms with Crippen molar-refractivity contribution in [1.29, 1.82) is 0 Å². The molecule has 1 amide bonds. The summed E-state index contributed by atoms with van der Waals surface area (Å²) in [4.78, 5) is 24.2. The molecule has 0 aliphatic carbocycles. The normalized spacial score (nSPS) is 23.6. The van der Waals surface area contributed by atoms with Crippen molar-refractivity contribution in [2.75, 3.05) is 13.7 Å². The second kappa shape index (κ2) is 5.49. The lowest BCUT2D eigenvalue weighted by Gasteiger charge is -2.27. The molecule has 0 saturated carbocycles. The number of esters is 1. The first-order valence-corrected chi connectivity index (χ1v) is 6.10. The molecule has 1 heterocycles. The summed E-state index contributed by atoms with van der Waals surface area (Å²) in [6, 6.07) is -1.26. The van der Waals surface area contributed by atoms with Crippen molar-refractivity contribution in [1.82, 2.24) is 4.90 Å². The molecule has 1 fully saturated rings. The van der Waals surface area contributed by atoms with Crippen LogP contribution >= 0.6 is 0 Å². The van der Waals surface area contributed by atoms with Crippen LogP contribution in [-0.2, 0) is 14.3 Å². The third-order valence-electron chi connectivity index (χ3n) is 2.87. The number of halogens is 3. The summed E-state index contributed by atoms with van der Waals surface area (Å²) in [5, 5.41) is 0. The maximum Gasteiger partial charge on any atom is 0.411 e. The number of carbonyl (C=O) groups excluding carboxylic acids is 2. The lowest BCUT2D eigenvalue weighted by atomic mass is 10.1. The fourth-order valence-electron chi connectivity index (χ4n) is 1.95. The highest BCUT2D eigenvalue weighted by Gasteiger charge is 2.52. The Morgan fingerprint density at radius 1 is 1.20 bits per heavy atom. The van der Waals surface area contributed by atoms with Gasteiger partial charge in [0.05, 0.1) is 13.0 Å². The van der Waals surface area contributed by atoms with Gasteiger partial charge in [0.25, 0.3) is 0 Å². The Labute approximate surface area is 115 Å². The Kier molecular flexibility index (Phi) is 4.55. The molecule has 0 N–H and O–H groups in total. The monoisotopic (exact) mass is 297 g/mol. The summed E-state index contributed by atoms with van der Waals surface area (Å²) in [6.07, 6.45) is -5.92. The van der Waals surface area contributed by atoms with E-state index in [0.717, 1.165) is 12.0 Å². The molecule has 0 aromatic rings. The molecule has 0 unspecified atom stereocenters. The van der Waals surface area contributed by atoms with E-state index in [0.29, 0.717) is 0 Å². The highest BCUT2D eigenvalue weighted by Crippen LogP contribution is 2.37. The molecule has 0 bridgehead atoms. The molecule has 8 heteroatoms. The van der Waals surface area contributed by atoms with E-state index in [1.807, 2.05) is 0 Å². The molecule has 1 aliphatic heterocycles. The number of ether oxygens (including phenoxy) is 2. The molecule has 1 aliphatic rings. The number of likely N-dealkylation sites (tertiary alicyclic amines) is 1. The molecule has 0 aromatic heterocycles. The molecule has 1 rings (SSSR count). The van der Waals surface area contributed by atoms with Gasteiger partial charge in [0.2, 0.25) is 0 Å². The average molecular weight is 297 g/mol. The summed E-state index contributed by atoms with van der Waals surface area (Å²) in [5.74, 6) is -2.62. The fraction of sp³-hybridized carbons (Fsp3) is 0.833. The number of hydrogen-bond donors (Lipinski definition) is 0. The van der Waals surface area contributed by atoms with Gasteiger partial charge in [-0.2, -0.15) is 13.2 Å². The topological polar surface area (TPSA) is 55.8 Å². The van der Waals surface area contributed by atoms with Gasteiger partial charge in [-0.05, 0) is 27.2 Å². The highest BCUT2D eigenvalue weighted by molar-refractivity contribution is 5.82. The summed E-state index contributed by atoms with van der Waals surface area (Å²) in [6.45, 7) is 4.18. The van der Waals surface area contributed by atoms with Gasteiger partial charge in [-0.3, -0.25) is 4.90 Å². The van der Waals surface area contributed by atoms with E-state index in [1.165, 1.54) is 0 Å². The van der Waals surface area contributed by atoms with Crippen molar-refractivity contribution in [3.8, 4) is 0 Å². The van der Waals surface area contributed by atoms with E-state index in [1.54, 1.807) is 20.8 Å². The van der Waals surface area contributed by atoms with Gasteiger partial charge in [0, 0.05) is 6.54 Å².